The highest BCUT2D eigenvalue weighted by Gasteiger charge is 2.52. The van der Waals surface area contributed by atoms with E-state index >= 15 is 0 Å². The summed E-state index contributed by atoms with van der Waals surface area (Å²) in [5, 5.41) is 9.26. The fraction of sp³-hybridized carbons (Fsp3) is 0.375. The quantitative estimate of drug-likeness (QED) is 0.730. The van der Waals surface area contributed by atoms with Gasteiger partial charge in [-0.15, -0.1) is 0 Å². The zero-order valence-electron chi connectivity index (χ0n) is 7.34. The summed E-state index contributed by atoms with van der Waals surface area (Å²) in [5.74, 6) is 0. The van der Waals surface area contributed by atoms with E-state index in [1.807, 2.05) is 0 Å². The van der Waals surface area contributed by atoms with E-state index in [-0.39, 0.29) is 5.69 Å². The van der Waals surface area contributed by atoms with E-state index in [9.17, 15) is 18.3 Å². The maximum atomic E-state index is 12.4. The fourth-order valence-electron chi connectivity index (χ4n) is 0.965. The molecule has 1 aromatic heterocycles. The lowest BCUT2D eigenvalue weighted by molar-refractivity contribution is -0.258. The predicted octanol–water partition coefficient (Wildman–Crippen LogP) is 1.43. The number of pyridine rings is 1. The Bertz CT molecular complexity index is 336. The Balaban J connectivity index is 3.23. The van der Waals surface area contributed by atoms with Crippen molar-refractivity contribution >= 4 is 5.69 Å². The summed E-state index contributed by atoms with van der Waals surface area (Å²) in [6, 6.07) is 1.20. The van der Waals surface area contributed by atoms with Crippen molar-refractivity contribution in [2.45, 2.75) is 18.7 Å². The van der Waals surface area contributed by atoms with Gasteiger partial charge in [-0.1, -0.05) is 0 Å². The number of hydrogen-bond acceptors (Lipinski definition) is 3. The van der Waals surface area contributed by atoms with Gasteiger partial charge in [0.15, 0.2) is 5.60 Å². The third-order valence-corrected chi connectivity index (χ3v) is 1.93. The molecule has 0 amide bonds. The molecule has 78 valence electrons. The molecule has 3 nitrogen and oxygen atoms in total. The van der Waals surface area contributed by atoms with Crippen molar-refractivity contribution < 1.29 is 18.3 Å². The van der Waals surface area contributed by atoms with Crippen LogP contribution in [0.3, 0.4) is 0 Å². The van der Waals surface area contributed by atoms with Gasteiger partial charge in [0.05, 0.1) is 0 Å². The number of nitrogen functional groups attached to an aromatic ring is 1. The van der Waals surface area contributed by atoms with E-state index in [2.05, 4.69) is 4.98 Å². The second kappa shape index (κ2) is 3.13. The van der Waals surface area contributed by atoms with Gasteiger partial charge in [-0.2, -0.15) is 13.2 Å². The van der Waals surface area contributed by atoms with Gasteiger partial charge in [-0.3, -0.25) is 4.98 Å². The molecule has 1 rings (SSSR count). The lowest BCUT2D eigenvalue weighted by Gasteiger charge is -2.27. The molecule has 1 atom stereocenters. The Morgan fingerprint density at radius 2 is 2.00 bits per heavy atom. The number of alkyl halides is 3. The number of nitrogens with zero attached hydrogens (tertiary/aromatic N) is 1. The Morgan fingerprint density at radius 3 is 2.43 bits per heavy atom. The lowest BCUT2D eigenvalue weighted by atomic mass is 9.96. The molecular weight excluding hydrogens is 197 g/mol. The Labute approximate surface area is 78.4 Å². The van der Waals surface area contributed by atoms with Gasteiger partial charge in [0, 0.05) is 23.6 Å². The average Bonchev–Trinajstić information content (AvgIpc) is 2.02. The minimum atomic E-state index is -4.77. The summed E-state index contributed by atoms with van der Waals surface area (Å²) < 4.78 is 37.1. The second-order valence-electron chi connectivity index (χ2n) is 3.03. The number of nitrogens with two attached hydrogens (primary N) is 1. The molecule has 1 heterocycles. The first kappa shape index (κ1) is 10.8. The van der Waals surface area contributed by atoms with Gasteiger partial charge in [0.2, 0.25) is 0 Å². The number of hydrogen-bond donors (Lipinski definition) is 2. The molecule has 0 aliphatic heterocycles. The van der Waals surface area contributed by atoms with Gasteiger partial charge < -0.3 is 10.8 Å². The van der Waals surface area contributed by atoms with E-state index in [0.29, 0.717) is 6.92 Å². The first-order chi connectivity index (χ1) is 6.27. The van der Waals surface area contributed by atoms with Crippen LogP contribution in [0.5, 0.6) is 0 Å². The smallest absolute Gasteiger partial charge is 0.398 e. The fourth-order valence-corrected chi connectivity index (χ4v) is 0.965. The Kier molecular flexibility index (Phi) is 2.41. The molecule has 14 heavy (non-hydrogen) atoms. The highest BCUT2D eigenvalue weighted by atomic mass is 19.4. The highest BCUT2D eigenvalue weighted by molar-refractivity contribution is 5.48. The van der Waals surface area contributed by atoms with Gasteiger partial charge in [0.25, 0.3) is 0 Å². The predicted molar refractivity (Wildman–Crippen MR) is 44.3 cm³/mol. The zero-order chi connectivity index (χ0) is 11.0. The number of rotatable bonds is 1. The monoisotopic (exact) mass is 206 g/mol. The molecule has 0 aliphatic carbocycles. The molecule has 0 radical (unpaired) electrons. The van der Waals surface area contributed by atoms with E-state index in [1.54, 1.807) is 0 Å². The van der Waals surface area contributed by atoms with E-state index in [0.717, 1.165) is 6.20 Å². The van der Waals surface area contributed by atoms with Crippen LogP contribution in [0.15, 0.2) is 18.5 Å². The van der Waals surface area contributed by atoms with Crippen LogP contribution in [0.25, 0.3) is 0 Å². The van der Waals surface area contributed by atoms with Crippen molar-refractivity contribution in [3.05, 3.63) is 24.0 Å². The van der Waals surface area contributed by atoms with Crippen molar-refractivity contribution in [1.29, 1.82) is 0 Å². The standard InChI is InChI=1S/C8H9F3N2O/c1-7(14,8(9,10)11)5-4-13-3-2-6(5)12/h2-4,14H,1H3,(H2,12,13)/t7-/m1/s1. The average molecular weight is 206 g/mol. The number of halogens is 3. The molecule has 0 fully saturated rings. The third kappa shape index (κ3) is 1.65. The molecule has 6 heteroatoms. The summed E-state index contributed by atoms with van der Waals surface area (Å²) in [6.45, 7) is 0.639. The number of aliphatic hydroxyl groups is 1. The maximum Gasteiger partial charge on any atom is 0.421 e. The van der Waals surface area contributed by atoms with Crippen molar-refractivity contribution in [3.63, 3.8) is 0 Å². The van der Waals surface area contributed by atoms with Gasteiger partial charge in [0.1, 0.15) is 0 Å². The molecular formula is C8H9F3N2O. The van der Waals surface area contributed by atoms with Crippen molar-refractivity contribution in [3.8, 4) is 0 Å². The lowest BCUT2D eigenvalue weighted by Crippen LogP contribution is -2.39. The number of anilines is 1. The SMILES string of the molecule is C[C@@](O)(c1cnccc1N)C(F)(F)F. The van der Waals surface area contributed by atoms with Crippen LogP contribution in [0, 0.1) is 0 Å². The summed E-state index contributed by atoms with van der Waals surface area (Å²) in [5.41, 5.74) is 1.76. The molecule has 0 spiro atoms. The molecule has 0 aromatic carbocycles. The van der Waals surface area contributed by atoms with Crippen LogP contribution in [-0.4, -0.2) is 16.3 Å². The summed E-state index contributed by atoms with van der Waals surface area (Å²) >= 11 is 0. The molecule has 0 saturated heterocycles. The first-order valence-electron chi connectivity index (χ1n) is 3.76. The van der Waals surface area contributed by atoms with Gasteiger partial charge in [-0.05, 0) is 13.0 Å². The Hall–Kier alpha value is -1.30. The van der Waals surface area contributed by atoms with Gasteiger partial charge in [-0.25, -0.2) is 0 Å². The van der Waals surface area contributed by atoms with E-state index in [1.165, 1.54) is 12.3 Å². The normalized spacial score (nSPS) is 16.4. The van der Waals surface area contributed by atoms with Crippen LogP contribution >= 0.6 is 0 Å². The van der Waals surface area contributed by atoms with Crippen LogP contribution in [0.2, 0.25) is 0 Å². The first-order valence-corrected chi connectivity index (χ1v) is 3.76. The van der Waals surface area contributed by atoms with Gasteiger partial charge >= 0.3 is 6.18 Å². The maximum absolute atomic E-state index is 12.4. The van der Waals surface area contributed by atoms with E-state index in [4.69, 9.17) is 5.73 Å². The molecule has 3 N–H and O–H groups in total. The van der Waals surface area contributed by atoms with E-state index < -0.39 is 17.3 Å². The minimum Gasteiger partial charge on any atom is -0.398 e. The zero-order valence-corrected chi connectivity index (χ0v) is 7.34. The van der Waals surface area contributed by atoms with Crippen LogP contribution < -0.4 is 5.73 Å². The second-order valence-corrected chi connectivity index (χ2v) is 3.03. The summed E-state index contributed by atoms with van der Waals surface area (Å²) in [4.78, 5) is 3.49. The summed E-state index contributed by atoms with van der Waals surface area (Å²) in [7, 11) is 0. The van der Waals surface area contributed by atoms with Crippen molar-refractivity contribution in [2.75, 3.05) is 5.73 Å². The third-order valence-electron chi connectivity index (χ3n) is 1.93. The molecule has 0 aliphatic rings. The topological polar surface area (TPSA) is 59.1 Å². The van der Waals surface area contributed by atoms with Crippen LogP contribution in [-0.2, 0) is 5.60 Å². The molecule has 0 bridgehead atoms. The minimum absolute atomic E-state index is 0.137. The number of aromatic nitrogens is 1. The largest absolute Gasteiger partial charge is 0.421 e. The van der Waals surface area contributed by atoms with Crippen molar-refractivity contribution in [1.82, 2.24) is 4.98 Å². The molecule has 0 unspecified atom stereocenters. The molecule has 1 aromatic rings. The van der Waals surface area contributed by atoms with Crippen LogP contribution in [0.4, 0.5) is 18.9 Å². The Morgan fingerprint density at radius 1 is 1.43 bits per heavy atom. The summed E-state index contributed by atoms with van der Waals surface area (Å²) in [6.07, 6.45) is -2.61. The molecule has 0 saturated carbocycles. The highest BCUT2D eigenvalue weighted by Crippen LogP contribution is 2.40. The van der Waals surface area contributed by atoms with Crippen molar-refractivity contribution in [2.24, 2.45) is 0 Å². The van der Waals surface area contributed by atoms with Crippen LogP contribution in [0.1, 0.15) is 12.5 Å².